The molecule has 1 aliphatic heterocycles. The van der Waals surface area contributed by atoms with Crippen molar-refractivity contribution in [2.75, 3.05) is 18.2 Å². The average Bonchev–Trinajstić information content (AvgIpc) is 2.72. The minimum absolute atomic E-state index is 0.111. The fraction of sp³-hybridized carbons (Fsp3) is 0.375. The number of thioether (sulfide) groups is 1. The zero-order chi connectivity index (χ0) is 9.26. The first-order chi connectivity index (χ1) is 6.29. The molecule has 0 saturated carbocycles. The van der Waals surface area contributed by atoms with E-state index in [2.05, 4.69) is 0 Å². The van der Waals surface area contributed by atoms with Crippen molar-refractivity contribution < 1.29 is 9.21 Å². The minimum atomic E-state index is -0.111. The van der Waals surface area contributed by atoms with Crippen molar-refractivity contribution in [3.8, 4) is 0 Å². The zero-order valence-electron chi connectivity index (χ0n) is 6.83. The smallest absolute Gasteiger partial charge is 0.291 e. The van der Waals surface area contributed by atoms with Crippen molar-refractivity contribution >= 4 is 29.3 Å². The molecule has 1 aliphatic rings. The third kappa shape index (κ3) is 1.69. The SMILES string of the molecule is O=C(c1occc1Cl)N1CCSC1. The topological polar surface area (TPSA) is 33.5 Å². The van der Waals surface area contributed by atoms with Gasteiger partial charge >= 0.3 is 0 Å². The van der Waals surface area contributed by atoms with Gasteiger partial charge in [0.2, 0.25) is 5.76 Å². The lowest BCUT2D eigenvalue weighted by Crippen LogP contribution is -2.27. The normalized spacial score (nSPS) is 16.5. The molecule has 0 radical (unpaired) electrons. The van der Waals surface area contributed by atoms with E-state index in [1.165, 1.54) is 6.26 Å². The van der Waals surface area contributed by atoms with E-state index in [0.717, 1.165) is 18.2 Å². The summed E-state index contributed by atoms with van der Waals surface area (Å²) in [5, 5.41) is 0.391. The van der Waals surface area contributed by atoms with Gasteiger partial charge in [-0.1, -0.05) is 11.6 Å². The summed E-state index contributed by atoms with van der Waals surface area (Å²) >= 11 is 7.50. The van der Waals surface area contributed by atoms with Crippen LogP contribution in [0, 0.1) is 0 Å². The van der Waals surface area contributed by atoms with Crippen LogP contribution in [0.1, 0.15) is 10.6 Å². The van der Waals surface area contributed by atoms with Crippen molar-refractivity contribution in [2.45, 2.75) is 0 Å². The van der Waals surface area contributed by atoms with Gasteiger partial charge in [0.05, 0.1) is 17.2 Å². The number of carbonyl (C=O) groups excluding carboxylic acids is 1. The van der Waals surface area contributed by atoms with E-state index in [-0.39, 0.29) is 11.7 Å². The van der Waals surface area contributed by atoms with E-state index in [4.69, 9.17) is 16.0 Å². The molecule has 0 bridgehead atoms. The van der Waals surface area contributed by atoms with Crippen LogP contribution < -0.4 is 0 Å². The van der Waals surface area contributed by atoms with Crippen LogP contribution in [0.25, 0.3) is 0 Å². The Morgan fingerprint density at radius 1 is 1.69 bits per heavy atom. The van der Waals surface area contributed by atoms with Gasteiger partial charge in [0, 0.05) is 12.3 Å². The quantitative estimate of drug-likeness (QED) is 0.722. The lowest BCUT2D eigenvalue weighted by Gasteiger charge is -2.11. The van der Waals surface area contributed by atoms with Gasteiger partial charge in [0.15, 0.2) is 0 Å². The van der Waals surface area contributed by atoms with Gasteiger partial charge in [-0.2, -0.15) is 0 Å². The Bertz CT molecular complexity index is 320. The highest BCUT2D eigenvalue weighted by Crippen LogP contribution is 2.22. The summed E-state index contributed by atoms with van der Waals surface area (Å²) in [5.74, 6) is 1.86. The van der Waals surface area contributed by atoms with Crippen molar-refractivity contribution in [1.82, 2.24) is 4.90 Å². The molecule has 0 N–H and O–H groups in total. The van der Waals surface area contributed by atoms with Crippen LogP contribution in [0.15, 0.2) is 16.7 Å². The molecule has 13 heavy (non-hydrogen) atoms. The first kappa shape index (κ1) is 8.97. The van der Waals surface area contributed by atoms with E-state index in [1.54, 1.807) is 22.7 Å². The van der Waals surface area contributed by atoms with Gasteiger partial charge in [-0.05, 0) is 6.07 Å². The molecule has 5 heteroatoms. The zero-order valence-corrected chi connectivity index (χ0v) is 8.40. The summed E-state index contributed by atoms with van der Waals surface area (Å²) in [6.45, 7) is 0.778. The van der Waals surface area contributed by atoms with Crippen LogP contribution in [0.2, 0.25) is 5.02 Å². The van der Waals surface area contributed by atoms with Crippen LogP contribution in [-0.4, -0.2) is 29.0 Å². The van der Waals surface area contributed by atoms with Gasteiger partial charge in [0.1, 0.15) is 0 Å². The summed E-state index contributed by atoms with van der Waals surface area (Å²) < 4.78 is 5.01. The molecular formula is C8H8ClNO2S. The maximum absolute atomic E-state index is 11.7. The predicted molar refractivity (Wildman–Crippen MR) is 52.1 cm³/mol. The lowest BCUT2D eigenvalue weighted by atomic mass is 10.4. The van der Waals surface area contributed by atoms with Gasteiger partial charge in [0.25, 0.3) is 5.91 Å². The first-order valence-corrected chi connectivity index (χ1v) is 5.42. The van der Waals surface area contributed by atoms with Crippen molar-refractivity contribution in [2.24, 2.45) is 0 Å². The molecule has 1 aromatic rings. The molecular weight excluding hydrogens is 210 g/mol. The Kier molecular flexibility index (Phi) is 2.51. The molecule has 2 heterocycles. The molecule has 0 aromatic carbocycles. The Morgan fingerprint density at radius 3 is 3.08 bits per heavy atom. The Hall–Kier alpha value is -0.610. The van der Waals surface area contributed by atoms with E-state index in [1.807, 2.05) is 0 Å². The van der Waals surface area contributed by atoms with Crippen LogP contribution >= 0.6 is 23.4 Å². The van der Waals surface area contributed by atoms with Crippen molar-refractivity contribution in [1.29, 1.82) is 0 Å². The Balaban J connectivity index is 2.17. The maximum atomic E-state index is 11.7. The molecule has 0 atom stereocenters. The summed E-state index contributed by atoms with van der Waals surface area (Å²) in [5.41, 5.74) is 0. The van der Waals surface area contributed by atoms with E-state index < -0.39 is 0 Å². The van der Waals surface area contributed by atoms with Crippen LogP contribution in [0.3, 0.4) is 0 Å². The number of hydrogen-bond donors (Lipinski definition) is 0. The predicted octanol–water partition coefficient (Wildman–Crippen LogP) is 2.08. The van der Waals surface area contributed by atoms with E-state index in [0.29, 0.717) is 5.02 Å². The summed E-state index contributed by atoms with van der Waals surface area (Å²) in [7, 11) is 0. The number of halogens is 1. The molecule has 2 rings (SSSR count). The molecule has 1 aromatic heterocycles. The second kappa shape index (κ2) is 3.64. The van der Waals surface area contributed by atoms with Crippen LogP contribution in [0.5, 0.6) is 0 Å². The molecule has 3 nitrogen and oxygen atoms in total. The number of carbonyl (C=O) groups is 1. The second-order valence-electron chi connectivity index (χ2n) is 2.70. The Labute approximate surface area is 85.0 Å². The van der Waals surface area contributed by atoms with Gasteiger partial charge in [-0.15, -0.1) is 11.8 Å². The number of hydrogen-bond acceptors (Lipinski definition) is 3. The van der Waals surface area contributed by atoms with Gasteiger partial charge in [-0.3, -0.25) is 4.79 Å². The molecule has 0 unspecified atom stereocenters. The third-order valence-corrected chi connectivity index (χ3v) is 3.11. The largest absolute Gasteiger partial charge is 0.458 e. The van der Waals surface area contributed by atoms with Gasteiger partial charge < -0.3 is 9.32 Å². The minimum Gasteiger partial charge on any atom is -0.458 e. The molecule has 1 fully saturated rings. The monoisotopic (exact) mass is 217 g/mol. The van der Waals surface area contributed by atoms with Crippen molar-refractivity contribution in [3.63, 3.8) is 0 Å². The van der Waals surface area contributed by atoms with E-state index in [9.17, 15) is 4.79 Å². The van der Waals surface area contributed by atoms with Crippen molar-refractivity contribution in [3.05, 3.63) is 23.1 Å². The maximum Gasteiger partial charge on any atom is 0.291 e. The molecule has 0 spiro atoms. The third-order valence-electron chi connectivity index (χ3n) is 1.85. The highest BCUT2D eigenvalue weighted by Gasteiger charge is 2.23. The fourth-order valence-corrected chi connectivity index (χ4v) is 2.29. The number of furan rings is 1. The Morgan fingerprint density at radius 2 is 2.54 bits per heavy atom. The number of amides is 1. The number of rotatable bonds is 1. The first-order valence-electron chi connectivity index (χ1n) is 3.89. The highest BCUT2D eigenvalue weighted by atomic mass is 35.5. The highest BCUT2D eigenvalue weighted by molar-refractivity contribution is 7.99. The summed E-state index contributed by atoms with van der Waals surface area (Å²) in [4.78, 5) is 13.4. The average molecular weight is 218 g/mol. The fourth-order valence-electron chi connectivity index (χ4n) is 1.16. The number of nitrogens with zero attached hydrogens (tertiary/aromatic N) is 1. The molecule has 70 valence electrons. The van der Waals surface area contributed by atoms with Gasteiger partial charge in [-0.25, -0.2) is 0 Å². The van der Waals surface area contributed by atoms with Crippen LogP contribution in [-0.2, 0) is 0 Å². The lowest BCUT2D eigenvalue weighted by molar-refractivity contribution is 0.0771. The molecule has 0 aliphatic carbocycles. The van der Waals surface area contributed by atoms with Crippen LogP contribution in [0.4, 0.5) is 0 Å². The summed E-state index contributed by atoms with van der Waals surface area (Å²) in [6.07, 6.45) is 1.43. The second-order valence-corrected chi connectivity index (χ2v) is 4.19. The standard InChI is InChI=1S/C8H8ClNO2S/c9-6-1-3-12-7(6)8(11)10-2-4-13-5-10/h1,3H,2,4-5H2. The molecule has 1 saturated heterocycles. The van der Waals surface area contributed by atoms with E-state index >= 15 is 0 Å². The molecule has 1 amide bonds. The summed E-state index contributed by atoms with van der Waals surface area (Å²) in [6, 6.07) is 1.58.